The van der Waals surface area contributed by atoms with E-state index in [-0.39, 0.29) is 12.0 Å². The molecule has 3 atom stereocenters. The maximum absolute atomic E-state index is 11.7. The molecule has 0 unspecified atom stereocenters. The Hall–Kier alpha value is -2.75. The number of anilines is 1. The van der Waals surface area contributed by atoms with Crippen LogP contribution >= 0.6 is 0 Å². The molecule has 128 valence electrons. The van der Waals surface area contributed by atoms with Gasteiger partial charge in [0.1, 0.15) is 5.75 Å². The first kappa shape index (κ1) is 15.8. The number of methoxy groups -OCH3 is 1. The van der Waals surface area contributed by atoms with Gasteiger partial charge in [-0.15, -0.1) is 0 Å². The molecule has 2 aliphatic rings. The molecule has 4 nitrogen and oxygen atoms in total. The van der Waals surface area contributed by atoms with Crippen molar-refractivity contribution in [3.63, 3.8) is 0 Å². The summed E-state index contributed by atoms with van der Waals surface area (Å²) in [5.41, 5.74) is 4.68. The number of hydrogen-bond donors (Lipinski definition) is 2. The second-order valence-corrected chi connectivity index (χ2v) is 6.74. The smallest absolute Gasteiger partial charge is 0.336 e. The first-order valence-corrected chi connectivity index (χ1v) is 8.54. The van der Waals surface area contributed by atoms with Gasteiger partial charge in [-0.2, -0.15) is 0 Å². The van der Waals surface area contributed by atoms with Crippen LogP contribution in [0.25, 0.3) is 0 Å². The maximum atomic E-state index is 11.7. The Morgan fingerprint density at radius 1 is 1.24 bits per heavy atom. The van der Waals surface area contributed by atoms with Gasteiger partial charge >= 0.3 is 5.97 Å². The maximum Gasteiger partial charge on any atom is 0.336 e. The summed E-state index contributed by atoms with van der Waals surface area (Å²) in [6, 6.07) is 11.3. The van der Waals surface area contributed by atoms with Crippen molar-refractivity contribution in [1.82, 2.24) is 0 Å². The van der Waals surface area contributed by atoms with E-state index in [0.717, 1.165) is 23.4 Å². The molecule has 2 aromatic carbocycles. The predicted octanol–water partition coefficient (Wildman–Crippen LogP) is 4.53. The molecular formula is C21H21NO3. The lowest BCUT2D eigenvalue weighted by Gasteiger charge is -2.39. The summed E-state index contributed by atoms with van der Waals surface area (Å²) >= 11 is 0. The second kappa shape index (κ2) is 5.96. The van der Waals surface area contributed by atoms with Crippen molar-refractivity contribution in [2.24, 2.45) is 5.92 Å². The standard InChI is InChI=1S/C21H21NO3/c1-12-10-11-17(25-2)20-18(12)13-8-5-9-14(13)19(22-20)15-6-3-4-7-16(15)21(23)24/h3-8,10-11,13-14,19,22H,9H2,1-2H3,(H,23,24)/t13-,14+,19+/m1/s1. The third kappa shape index (κ3) is 2.40. The summed E-state index contributed by atoms with van der Waals surface area (Å²) in [6.07, 6.45) is 5.40. The number of nitrogens with one attached hydrogen (secondary N) is 1. The zero-order valence-electron chi connectivity index (χ0n) is 14.3. The molecule has 0 radical (unpaired) electrons. The van der Waals surface area contributed by atoms with Crippen LogP contribution in [-0.2, 0) is 0 Å². The van der Waals surface area contributed by atoms with Crippen LogP contribution in [0.2, 0.25) is 0 Å². The fourth-order valence-electron chi connectivity index (χ4n) is 4.31. The number of allylic oxidation sites excluding steroid dienone is 2. The summed E-state index contributed by atoms with van der Waals surface area (Å²) < 4.78 is 5.58. The van der Waals surface area contributed by atoms with Gasteiger partial charge in [-0.05, 0) is 48.1 Å². The molecule has 0 spiro atoms. The normalized spacial score (nSPS) is 23.5. The monoisotopic (exact) mass is 335 g/mol. The lowest BCUT2D eigenvalue weighted by Crippen LogP contribution is -2.31. The van der Waals surface area contributed by atoms with Crippen LogP contribution in [0.5, 0.6) is 5.75 Å². The van der Waals surface area contributed by atoms with E-state index in [1.54, 1.807) is 19.2 Å². The van der Waals surface area contributed by atoms with Crippen LogP contribution in [0.3, 0.4) is 0 Å². The van der Waals surface area contributed by atoms with Gasteiger partial charge in [-0.3, -0.25) is 0 Å². The molecular weight excluding hydrogens is 314 g/mol. The van der Waals surface area contributed by atoms with Gasteiger partial charge in [-0.1, -0.05) is 36.4 Å². The summed E-state index contributed by atoms with van der Waals surface area (Å²) in [4.78, 5) is 11.7. The summed E-state index contributed by atoms with van der Waals surface area (Å²) in [5, 5.41) is 13.2. The fourth-order valence-corrected chi connectivity index (χ4v) is 4.31. The van der Waals surface area contributed by atoms with E-state index < -0.39 is 5.97 Å². The highest BCUT2D eigenvalue weighted by Crippen LogP contribution is 2.53. The highest BCUT2D eigenvalue weighted by atomic mass is 16.5. The molecule has 25 heavy (non-hydrogen) atoms. The molecule has 1 heterocycles. The number of aromatic carboxylic acids is 1. The average Bonchev–Trinajstić information content (AvgIpc) is 3.10. The van der Waals surface area contributed by atoms with Gasteiger partial charge in [0.25, 0.3) is 0 Å². The van der Waals surface area contributed by atoms with E-state index in [1.807, 2.05) is 18.2 Å². The lowest BCUT2D eigenvalue weighted by molar-refractivity contribution is 0.0694. The van der Waals surface area contributed by atoms with E-state index in [0.29, 0.717) is 11.5 Å². The minimum Gasteiger partial charge on any atom is -0.495 e. The second-order valence-electron chi connectivity index (χ2n) is 6.74. The van der Waals surface area contributed by atoms with Crippen molar-refractivity contribution in [3.05, 3.63) is 70.8 Å². The van der Waals surface area contributed by atoms with E-state index in [4.69, 9.17) is 4.74 Å². The van der Waals surface area contributed by atoms with Crippen LogP contribution in [0.1, 0.15) is 45.4 Å². The number of aryl methyl sites for hydroxylation is 1. The van der Waals surface area contributed by atoms with Crippen LogP contribution in [0.4, 0.5) is 5.69 Å². The van der Waals surface area contributed by atoms with Gasteiger partial charge in [0.05, 0.1) is 24.4 Å². The highest BCUT2D eigenvalue weighted by Gasteiger charge is 2.40. The van der Waals surface area contributed by atoms with E-state index in [1.165, 1.54) is 11.1 Å². The molecule has 4 rings (SSSR count). The van der Waals surface area contributed by atoms with Crippen LogP contribution < -0.4 is 10.1 Å². The Morgan fingerprint density at radius 3 is 2.80 bits per heavy atom. The van der Waals surface area contributed by atoms with E-state index in [2.05, 4.69) is 30.5 Å². The topological polar surface area (TPSA) is 58.6 Å². The molecule has 0 aromatic heterocycles. The minimum absolute atomic E-state index is 0.0597. The molecule has 0 saturated carbocycles. The third-order valence-corrected chi connectivity index (χ3v) is 5.45. The Bertz CT molecular complexity index is 871. The zero-order chi connectivity index (χ0) is 17.6. The van der Waals surface area contributed by atoms with Gasteiger partial charge in [0.15, 0.2) is 0 Å². The molecule has 0 amide bonds. The average molecular weight is 335 g/mol. The number of ether oxygens (including phenoxy) is 1. The molecule has 2 aromatic rings. The van der Waals surface area contributed by atoms with Crippen LogP contribution in [0, 0.1) is 12.8 Å². The Labute approximate surface area is 147 Å². The largest absolute Gasteiger partial charge is 0.495 e. The van der Waals surface area contributed by atoms with Gasteiger partial charge in [-0.25, -0.2) is 4.79 Å². The molecule has 2 N–H and O–H groups in total. The Morgan fingerprint density at radius 2 is 2.04 bits per heavy atom. The van der Waals surface area contributed by atoms with Gasteiger partial charge in [0, 0.05) is 5.92 Å². The van der Waals surface area contributed by atoms with E-state index in [9.17, 15) is 9.90 Å². The molecule has 1 aliphatic carbocycles. The van der Waals surface area contributed by atoms with Gasteiger partial charge in [0.2, 0.25) is 0 Å². The number of carboxylic acid groups (broad SMARTS) is 1. The van der Waals surface area contributed by atoms with Crippen molar-refractivity contribution >= 4 is 11.7 Å². The van der Waals surface area contributed by atoms with Crippen molar-refractivity contribution in [1.29, 1.82) is 0 Å². The number of carbonyl (C=O) groups is 1. The van der Waals surface area contributed by atoms with Crippen molar-refractivity contribution in [2.75, 3.05) is 12.4 Å². The third-order valence-electron chi connectivity index (χ3n) is 5.45. The molecule has 1 aliphatic heterocycles. The number of hydrogen-bond acceptors (Lipinski definition) is 3. The van der Waals surface area contributed by atoms with Crippen LogP contribution in [0.15, 0.2) is 48.6 Å². The molecule has 0 fully saturated rings. The van der Waals surface area contributed by atoms with Gasteiger partial charge < -0.3 is 15.2 Å². The van der Waals surface area contributed by atoms with Crippen molar-refractivity contribution in [2.45, 2.75) is 25.3 Å². The lowest BCUT2D eigenvalue weighted by atomic mass is 9.74. The molecule has 0 saturated heterocycles. The molecule has 0 bridgehead atoms. The van der Waals surface area contributed by atoms with Crippen LogP contribution in [-0.4, -0.2) is 18.2 Å². The predicted molar refractivity (Wildman–Crippen MR) is 97.5 cm³/mol. The minimum atomic E-state index is -0.887. The van der Waals surface area contributed by atoms with Crippen molar-refractivity contribution < 1.29 is 14.6 Å². The highest BCUT2D eigenvalue weighted by molar-refractivity contribution is 5.90. The number of carboxylic acids is 1. The first-order chi connectivity index (χ1) is 12.1. The number of fused-ring (bicyclic) bond motifs is 3. The summed E-state index contributed by atoms with van der Waals surface area (Å²) in [6.45, 7) is 2.12. The fraction of sp³-hybridized carbons (Fsp3) is 0.286. The summed E-state index contributed by atoms with van der Waals surface area (Å²) in [7, 11) is 1.67. The number of rotatable bonds is 3. The molecule has 4 heteroatoms. The zero-order valence-corrected chi connectivity index (χ0v) is 14.3. The first-order valence-electron chi connectivity index (χ1n) is 8.54. The Balaban J connectivity index is 1.89. The van der Waals surface area contributed by atoms with Crippen molar-refractivity contribution in [3.8, 4) is 5.75 Å². The summed E-state index contributed by atoms with van der Waals surface area (Å²) in [5.74, 6) is 0.496. The SMILES string of the molecule is COc1ccc(C)c2c1N[C@H](c1ccccc1C(=O)O)[C@H]1CC=C[C@@H]21. The van der Waals surface area contributed by atoms with E-state index >= 15 is 0 Å². The quantitative estimate of drug-likeness (QED) is 0.809. The Kier molecular flexibility index (Phi) is 3.75. The number of benzene rings is 2.